The number of anilines is 2. The maximum atomic E-state index is 11.2. The molecule has 0 radical (unpaired) electrons. The smallest absolute Gasteiger partial charge is 0.311 e. The Morgan fingerprint density at radius 1 is 1.55 bits per heavy atom. The van der Waals surface area contributed by atoms with Crippen LogP contribution in [0.2, 0.25) is 0 Å². The lowest BCUT2D eigenvalue weighted by atomic mass is 10.0. The molecule has 1 aliphatic rings. The second-order valence-corrected chi connectivity index (χ2v) is 4.85. The van der Waals surface area contributed by atoms with Crippen LogP contribution in [0.1, 0.15) is 26.2 Å². The number of piperidine rings is 1. The largest absolute Gasteiger partial charge is 0.394 e. The number of nitrogens with one attached hydrogen (secondary N) is 1. The zero-order valence-electron chi connectivity index (χ0n) is 11.6. The number of aliphatic hydroxyl groups is 1. The van der Waals surface area contributed by atoms with Crippen molar-refractivity contribution in [2.75, 3.05) is 29.9 Å². The fraction of sp³-hybridized carbons (Fsp3) is 0.615. The molecule has 1 aromatic rings. The zero-order chi connectivity index (χ0) is 14.5. The van der Waals surface area contributed by atoms with Gasteiger partial charge in [-0.25, -0.2) is 4.98 Å². The molecule has 1 unspecified atom stereocenters. The molecule has 0 saturated carbocycles. The van der Waals surface area contributed by atoms with Crippen molar-refractivity contribution in [2.45, 2.75) is 32.2 Å². The number of rotatable bonds is 5. The molecule has 7 heteroatoms. The molecule has 2 rings (SSSR count). The van der Waals surface area contributed by atoms with Crippen molar-refractivity contribution in [1.29, 1.82) is 0 Å². The first-order valence-electron chi connectivity index (χ1n) is 6.94. The van der Waals surface area contributed by atoms with E-state index in [9.17, 15) is 15.2 Å². The lowest BCUT2D eigenvalue weighted by molar-refractivity contribution is -0.384. The van der Waals surface area contributed by atoms with E-state index in [0.717, 1.165) is 19.3 Å². The maximum Gasteiger partial charge on any atom is 0.311 e. The van der Waals surface area contributed by atoms with Crippen LogP contribution in [-0.4, -0.2) is 40.8 Å². The minimum atomic E-state index is -0.416. The van der Waals surface area contributed by atoms with Crippen LogP contribution >= 0.6 is 0 Å². The SMILES string of the molecule is CCNc1ccc([N+](=O)[O-])c(N2CCCCC2CO)n1. The van der Waals surface area contributed by atoms with Crippen LogP contribution in [0.15, 0.2) is 12.1 Å². The summed E-state index contributed by atoms with van der Waals surface area (Å²) in [6, 6.07) is 3.00. The van der Waals surface area contributed by atoms with Gasteiger partial charge in [-0.15, -0.1) is 0 Å². The number of aromatic nitrogens is 1. The molecule has 1 saturated heterocycles. The van der Waals surface area contributed by atoms with Crippen molar-refractivity contribution < 1.29 is 10.0 Å². The van der Waals surface area contributed by atoms with E-state index in [-0.39, 0.29) is 18.3 Å². The van der Waals surface area contributed by atoms with Crippen molar-refractivity contribution in [1.82, 2.24) is 4.98 Å². The molecule has 1 aromatic heterocycles. The van der Waals surface area contributed by atoms with E-state index < -0.39 is 4.92 Å². The predicted molar refractivity (Wildman–Crippen MR) is 77.1 cm³/mol. The molecule has 1 fully saturated rings. The highest BCUT2D eigenvalue weighted by Crippen LogP contribution is 2.32. The summed E-state index contributed by atoms with van der Waals surface area (Å²) in [6.45, 7) is 3.33. The van der Waals surface area contributed by atoms with E-state index in [0.29, 0.717) is 24.7 Å². The van der Waals surface area contributed by atoms with Gasteiger partial charge in [0.05, 0.1) is 17.6 Å². The average molecular weight is 280 g/mol. The third-order valence-corrected chi connectivity index (χ3v) is 3.52. The van der Waals surface area contributed by atoms with E-state index in [2.05, 4.69) is 10.3 Å². The third kappa shape index (κ3) is 2.98. The maximum absolute atomic E-state index is 11.2. The van der Waals surface area contributed by atoms with Crippen molar-refractivity contribution in [2.24, 2.45) is 0 Å². The Morgan fingerprint density at radius 3 is 3.00 bits per heavy atom. The topological polar surface area (TPSA) is 91.5 Å². The summed E-state index contributed by atoms with van der Waals surface area (Å²) in [6.07, 6.45) is 2.82. The molecular formula is C13H20N4O3. The van der Waals surface area contributed by atoms with Gasteiger partial charge >= 0.3 is 5.69 Å². The molecule has 2 heterocycles. The standard InChI is InChI=1S/C13H20N4O3/c1-2-14-12-7-6-11(17(19)20)13(15-12)16-8-4-3-5-10(16)9-18/h6-7,10,18H,2-5,8-9H2,1H3,(H,14,15). The fourth-order valence-corrected chi connectivity index (χ4v) is 2.54. The molecule has 1 atom stereocenters. The average Bonchev–Trinajstić information content (AvgIpc) is 2.47. The molecule has 0 amide bonds. The van der Waals surface area contributed by atoms with E-state index in [4.69, 9.17) is 0 Å². The summed E-state index contributed by atoms with van der Waals surface area (Å²) >= 11 is 0. The van der Waals surface area contributed by atoms with Gasteiger partial charge < -0.3 is 15.3 Å². The molecule has 7 nitrogen and oxygen atoms in total. The van der Waals surface area contributed by atoms with Crippen LogP contribution in [0.3, 0.4) is 0 Å². The van der Waals surface area contributed by atoms with Gasteiger partial charge in [0.15, 0.2) is 0 Å². The Labute approximate surface area is 117 Å². The van der Waals surface area contributed by atoms with Gasteiger partial charge in [0, 0.05) is 19.2 Å². The highest BCUT2D eigenvalue weighted by molar-refractivity contribution is 5.62. The van der Waals surface area contributed by atoms with Gasteiger partial charge in [0.2, 0.25) is 5.82 Å². The summed E-state index contributed by atoms with van der Waals surface area (Å²) in [4.78, 5) is 17.0. The third-order valence-electron chi connectivity index (χ3n) is 3.52. The molecule has 0 aliphatic carbocycles. The molecule has 0 aromatic carbocycles. The van der Waals surface area contributed by atoms with Gasteiger partial charge in [-0.2, -0.15) is 0 Å². The summed E-state index contributed by atoms with van der Waals surface area (Å²) in [7, 11) is 0. The predicted octanol–water partition coefficient (Wildman–Crippen LogP) is 1.77. The molecule has 0 spiro atoms. The molecular weight excluding hydrogens is 260 g/mol. The second kappa shape index (κ2) is 6.51. The Hall–Kier alpha value is -1.89. The fourth-order valence-electron chi connectivity index (χ4n) is 2.54. The monoisotopic (exact) mass is 280 g/mol. The normalized spacial score (nSPS) is 18.9. The van der Waals surface area contributed by atoms with E-state index in [1.807, 2.05) is 11.8 Å². The minimum absolute atomic E-state index is 0.00740. The van der Waals surface area contributed by atoms with Crippen LogP contribution in [0.4, 0.5) is 17.3 Å². The number of pyridine rings is 1. The van der Waals surface area contributed by atoms with Crippen LogP contribution in [0.25, 0.3) is 0 Å². The summed E-state index contributed by atoms with van der Waals surface area (Å²) in [5.74, 6) is 0.975. The first kappa shape index (κ1) is 14.5. The highest BCUT2D eigenvalue weighted by atomic mass is 16.6. The van der Waals surface area contributed by atoms with Crippen LogP contribution in [0, 0.1) is 10.1 Å². The highest BCUT2D eigenvalue weighted by Gasteiger charge is 2.29. The summed E-state index contributed by atoms with van der Waals surface area (Å²) < 4.78 is 0. The van der Waals surface area contributed by atoms with E-state index in [1.54, 1.807) is 6.07 Å². The first-order valence-corrected chi connectivity index (χ1v) is 6.94. The number of hydrogen-bond acceptors (Lipinski definition) is 6. The Kier molecular flexibility index (Phi) is 4.73. The lowest BCUT2D eigenvalue weighted by Gasteiger charge is -2.35. The van der Waals surface area contributed by atoms with Crippen molar-refractivity contribution in [3.05, 3.63) is 22.2 Å². The minimum Gasteiger partial charge on any atom is -0.394 e. The van der Waals surface area contributed by atoms with Crippen molar-refractivity contribution in [3.63, 3.8) is 0 Å². The van der Waals surface area contributed by atoms with E-state index in [1.165, 1.54) is 6.07 Å². The van der Waals surface area contributed by atoms with Crippen LogP contribution in [-0.2, 0) is 0 Å². The van der Waals surface area contributed by atoms with Gasteiger partial charge in [-0.3, -0.25) is 10.1 Å². The molecule has 0 bridgehead atoms. The molecule has 2 N–H and O–H groups in total. The summed E-state index contributed by atoms with van der Waals surface area (Å²) in [5, 5.41) is 23.7. The van der Waals surface area contributed by atoms with Crippen molar-refractivity contribution >= 4 is 17.3 Å². The van der Waals surface area contributed by atoms with Crippen LogP contribution in [0.5, 0.6) is 0 Å². The number of nitro groups is 1. The number of hydrogen-bond donors (Lipinski definition) is 2. The quantitative estimate of drug-likeness (QED) is 0.631. The Morgan fingerprint density at radius 2 is 2.35 bits per heavy atom. The Bertz CT molecular complexity index is 481. The molecule has 110 valence electrons. The number of nitrogens with zero attached hydrogens (tertiary/aromatic N) is 3. The first-order chi connectivity index (χ1) is 9.67. The zero-order valence-corrected chi connectivity index (χ0v) is 11.6. The Balaban J connectivity index is 2.39. The van der Waals surface area contributed by atoms with Gasteiger partial charge in [-0.05, 0) is 32.3 Å². The van der Waals surface area contributed by atoms with Gasteiger partial charge in [0.1, 0.15) is 5.82 Å². The number of aliphatic hydroxyl groups excluding tert-OH is 1. The second-order valence-electron chi connectivity index (χ2n) is 4.85. The summed E-state index contributed by atoms with van der Waals surface area (Å²) in [5.41, 5.74) is -0.00740. The van der Waals surface area contributed by atoms with Crippen LogP contribution < -0.4 is 10.2 Å². The van der Waals surface area contributed by atoms with Gasteiger partial charge in [0.25, 0.3) is 0 Å². The molecule has 20 heavy (non-hydrogen) atoms. The van der Waals surface area contributed by atoms with Gasteiger partial charge in [-0.1, -0.05) is 0 Å². The van der Waals surface area contributed by atoms with Crippen molar-refractivity contribution in [3.8, 4) is 0 Å². The molecule has 1 aliphatic heterocycles. The lowest BCUT2D eigenvalue weighted by Crippen LogP contribution is -2.42. The van der Waals surface area contributed by atoms with E-state index >= 15 is 0 Å².